The average molecular weight is 490 g/mol. The summed E-state index contributed by atoms with van der Waals surface area (Å²) < 4.78 is 0. The Morgan fingerprint density at radius 3 is 1.00 bits per heavy atom. The number of carbonyl (C=O) groups excluding carboxylic acids is 2. The van der Waals surface area contributed by atoms with Gasteiger partial charge in [0.15, 0.2) is 11.2 Å². The van der Waals surface area contributed by atoms with Crippen LogP contribution < -0.4 is 10.2 Å². The average Bonchev–Trinajstić information content (AvgIpc) is 2.74. The van der Waals surface area contributed by atoms with Gasteiger partial charge < -0.3 is 81.1 Å². The van der Waals surface area contributed by atoms with Gasteiger partial charge in [0, 0.05) is 0 Å². The SMILES string of the molecule is O=C([O-])[C@](O)(CO)[C@@H](O)[C@H](O)[C@H](O)CO.O=C([O-])[C@](O)(CO)[C@@H](O)[C@H](O)[C@H](O)CO.[Ca+2]. The van der Waals surface area contributed by atoms with E-state index in [1.54, 1.807) is 0 Å². The zero-order valence-corrected chi connectivity index (χ0v) is 18.2. The molecule has 31 heavy (non-hydrogen) atoms. The molecule has 12 N–H and O–H groups in total. The van der Waals surface area contributed by atoms with Crippen LogP contribution in [0.25, 0.3) is 0 Å². The number of carboxylic acid groups (broad SMARTS) is 2. The fourth-order valence-corrected chi connectivity index (χ4v) is 1.76. The Hall–Kier alpha value is -0.280. The molecule has 17 heteroatoms. The van der Waals surface area contributed by atoms with E-state index in [0.29, 0.717) is 0 Å². The summed E-state index contributed by atoms with van der Waals surface area (Å²) in [5.74, 6) is -4.41. The Kier molecular flexibility index (Phi) is 17.7. The van der Waals surface area contributed by atoms with Crippen molar-refractivity contribution in [1.82, 2.24) is 0 Å². The van der Waals surface area contributed by atoms with Crippen LogP contribution in [0.4, 0.5) is 0 Å². The van der Waals surface area contributed by atoms with Gasteiger partial charge in [-0.25, -0.2) is 0 Å². The zero-order chi connectivity index (χ0) is 24.4. The van der Waals surface area contributed by atoms with E-state index < -0.39 is 86.2 Å². The first-order valence-electron chi connectivity index (χ1n) is 8.01. The smallest absolute Gasteiger partial charge is 0.547 e. The molecule has 0 aliphatic heterocycles. The molecular weight excluding hydrogens is 464 g/mol. The van der Waals surface area contributed by atoms with Crippen LogP contribution >= 0.6 is 0 Å². The van der Waals surface area contributed by atoms with Crippen molar-refractivity contribution >= 4 is 49.7 Å². The Morgan fingerprint density at radius 2 is 0.871 bits per heavy atom. The summed E-state index contributed by atoms with van der Waals surface area (Å²) in [5, 5.41) is 127. The molecule has 0 saturated heterocycles. The molecule has 0 aliphatic rings. The molecule has 0 unspecified atom stereocenters. The van der Waals surface area contributed by atoms with Gasteiger partial charge in [0.1, 0.15) is 36.6 Å². The first-order chi connectivity index (χ1) is 13.6. The summed E-state index contributed by atoms with van der Waals surface area (Å²) in [7, 11) is 0. The molecule has 16 nitrogen and oxygen atoms in total. The van der Waals surface area contributed by atoms with E-state index in [9.17, 15) is 19.8 Å². The van der Waals surface area contributed by atoms with E-state index in [0.717, 1.165) is 0 Å². The summed E-state index contributed by atoms with van der Waals surface area (Å²) in [6, 6.07) is 0. The number of hydrogen-bond donors (Lipinski definition) is 12. The fraction of sp³-hybridized carbons (Fsp3) is 0.857. The number of carboxylic acids is 2. The van der Waals surface area contributed by atoms with Crippen LogP contribution in [0.5, 0.6) is 0 Å². The van der Waals surface area contributed by atoms with Crippen molar-refractivity contribution in [2.75, 3.05) is 26.4 Å². The molecule has 8 atom stereocenters. The van der Waals surface area contributed by atoms with Crippen molar-refractivity contribution in [2.24, 2.45) is 0 Å². The van der Waals surface area contributed by atoms with Crippen molar-refractivity contribution in [3.8, 4) is 0 Å². The van der Waals surface area contributed by atoms with E-state index in [2.05, 4.69) is 0 Å². The van der Waals surface area contributed by atoms with Crippen molar-refractivity contribution < 1.29 is 81.1 Å². The number of aliphatic hydroxyl groups is 12. The number of hydrogen-bond acceptors (Lipinski definition) is 16. The van der Waals surface area contributed by atoms with Gasteiger partial charge in [-0.05, 0) is 0 Å². The van der Waals surface area contributed by atoms with Gasteiger partial charge in [0.25, 0.3) is 0 Å². The molecule has 0 aromatic carbocycles. The summed E-state index contributed by atoms with van der Waals surface area (Å²) in [6.45, 7) is -4.73. The van der Waals surface area contributed by atoms with Gasteiger partial charge in [0.05, 0.1) is 38.4 Å². The molecule has 0 amide bonds. The third-order valence-corrected chi connectivity index (χ3v) is 3.98. The second-order valence-electron chi connectivity index (χ2n) is 6.11. The Balaban J connectivity index is -0.000000490. The summed E-state index contributed by atoms with van der Waals surface area (Å²) >= 11 is 0. The number of rotatable bonds is 12. The first kappa shape index (κ1) is 35.3. The third kappa shape index (κ3) is 9.24. The van der Waals surface area contributed by atoms with Crippen LogP contribution in [-0.4, -0.2) is 185 Å². The van der Waals surface area contributed by atoms with Gasteiger partial charge in [-0.1, -0.05) is 0 Å². The molecule has 180 valence electrons. The minimum atomic E-state index is -3.10. The maximum atomic E-state index is 10.4. The number of aliphatic carboxylic acids is 2. The molecule has 0 fully saturated rings. The summed E-state index contributed by atoms with van der Waals surface area (Å²) in [4.78, 5) is 20.7. The van der Waals surface area contributed by atoms with Gasteiger partial charge in [-0.15, -0.1) is 0 Å². The molecule has 0 spiro atoms. The maximum Gasteiger partial charge on any atom is 2.00 e. The molecule has 0 radical (unpaired) electrons. The Bertz CT molecular complexity index is 490. The molecule has 0 aromatic rings. The minimum absolute atomic E-state index is 0. The first-order valence-corrected chi connectivity index (χ1v) is 8.01. The minimum Gasteiger partial charge on any atom is -0.547 e. The Labute approximate surface area is 204 Å². The van der Waals surface area contributed by atoms with E-state index >= 15 is 0 Å². The van der Waals surface area contributed by atoms with Gasteiger partial charge in [-0.3, -0.25) is 0 Å². The summed E-state index contributed by atoms with van der Waals surface area (Å²) in [6.07, 6.45) is -12.8. The molecule has 0 rings (SSSR count). The van der Waals surface area contributed by atoms with E-state index in [-0.39, 0.29) is 37.7 Å². The Morgan fingerprint density at radius 1 is 0.645 bits per heavy atom. The number of aliphatic hydroxyl groups excluding tert-OH is 10. The standard InChI is InChI=1S/2C7H14O8.Ca/c2*8-1-3(10)4(11)5(12)7(15,2-9)6(13)14;/h2*3-5,8-12,15H,1-2H2,(H,13,14);/q;;+2/p-2/t2*3-,4-,5+,7+;/m11./s1. The van der Waals surface area contributed by atoms with Crippen molar-refractivity contribution in [1.29, 1.82) is 0 Å². The quantitative estimate of drug-likeness (QED) is 0.113. The predicted octanol–water partition coefficient (Wildman–Crippen LogP) is -11.3. The van der Waals surface area contributed by atoms with Crippen LogP contribution in [0.15, 0.2) is 0 Å². The monoisotopic (exact) mass is 490 g/mol. The van der Waals surface area contributed by atoms with E-state index in [4.69, 9.17) is 61.3 Å². The fourth-order valence-electron chi connectivity index (χ4n) is 1.76. The second kappa shape index (κ2) is 15.5. The molecule has 0 saturated carbocycles. The van der Waals surface area contributed by atoms with Crippen LogP contribution in [0.1, 0.15) is 0 Å². The van der Waals surface area contributed by atoms with Crippen LogP contribution in [0.2, 0.25) is 0 Å². The van der Waals surface area contributed by atoms with Crippen LogP contribution in [-0.2, 0) is 9.59 Å². The molecule has 0 aromatic heterocycles. The third-order valence-electron chi connectivity index (χ3n) is 3.98. The molecular formula is C14H26CaO16. The molecule has 0 aliphatic carbocycles. The van der Waals surface area contributed by atoms with E-state index in [1.807, 2.05) is 0 Å². The zero-order valence-electron chi connectivity index (χ0n) is 16.0. The van der Waals surface area contributed by atoms with Crippen molar-refractivity contribution in [3.63, 3.8) is 0 Å². The summed E-state index contributed by atoms with van der Waals surface area (Å²) in [5.41, 5.74) is -6.20. The van der Waals surface area contributed by atoms with Crippen molar-refractivity contribution in [2.45, 2.75) is 47.8 Å². The molecule has 0 bridgehead atoms. The van der Waals surface area contributed by atoms with Gasteiger partial charge >= 0.3 is 37.7 Å². The maximum absolute atomic E-state index is 10.4. The van der Waals surface area contributed by atoms with E-state index in [1.165, 1.54) is 0 Å². The van der Waals surface area contributed by atoms with Crippen LogP contribution in [0.3, 0.4) is 0 Å². The largest absolute Gasteiger partial charge is 2.00 e. The van der Waals surface area contributed by atoms with Gasteiger partial charge in [-0.2, -0.15) is 0 Å². The van der Waals surface area contributed by atoms with Crippen molar-refractivity contribution in [3.05, 3.63) is 0 Å². The topological polar surface area (TPSA) is 323 Å². The second-order valence-corrected chi connectivity index (χ2v) is 6.11. The molecule has 0 heterocycles. The normalized spacial score (nSPS) is 20.8. The van der Waals surface area contributed by atoms with Crippen LogP contribution in [0, 0.1) is 0 Å². The van der Waals surface area contributed by atoms with Gasteiger partial charge in [0.2, 0.25) is 0 Å². The number of carbonyl (C=O) groups is 2. The predicted molar refractivity (Wildman–Crippen MR) is 90.1 cm³/mol.